The lowest BCUT2D eigenvalue weighted by Crippen LogP contribution is -2.30. The number of carbonyl (C=O) groups is 3. The number of hydrogen-bond donors (Lipinski definition) is 0. The van der Waals surface area contributed by atoms with E-state index in [4.69, 9.17) is 14.2 Å². The quantitative estimate of drug-likeness (QED) is 0.0261. The fourth-order valence-electron chi connectivity index (χ4n) is 10.2. The smallest absolute Gasteiger partial charge is 0.306 e. The van der Waals surface area contributed by atoms with Crippen LogP contribution in [0.15, 0.2) is 72.9 Å². The van der Waals surface area contributed by atoms with Crippen LogP contribution in [0.2, 0.25) is 0 Å². The van der Waals surface area contributed by atoms with Gasteiger partial charge in [-0.05, 0) is 83.5 Å². The number of carbonyl (C=O) groups excluding carboxylic acids is 3. The first-order valence-electron chi connectivity index (χ1n) is 34.9. The van der Waals surface area contributed by atoms with Gasteiger partial charge in [-0.2, -0.15) is 0 Å². The first kappa shape index (κ1) is 76.9. The second-order valence-electron chi connectivity index (χ2n) is 23.4. The SMILES string of the molecule is CC/C=C\C/C=C\C/C=C\C/C=C\C/C=C\CCCC(=O)OCC(COC(=O)CCCCCCCCCCCCCCC/C=C\CCCCCCCCCC)OC(=O)CCCCCCCCCCCCCCCCCCCCCC. The van der Waals surface area contributed by atoms with E-state index in [1.807, 2.05) is 0 Å². The summed E-state index contributed by atoms with van der Waals surface area (Å²) in [4.78, 5) is 38.4. The summed E-state index contributed by atoms with van der Waals surface area (Å²) in [5, 5.41) is 0. The second-order valence-corrected chi connectivity index (χ2v) is 23.4. The van der Waals surface area contributed by atoms with Crippen LogP contribution >= 0.6 is 0 Å². The van der Waals surface area contributed by atoms with Gasteiger partial charge >= 0.3 is 17.9 Å². The molecule has 0 amide bonds. The van der Waals surface area contributed by atoms with Gasteiger partial charge in [0.2, 0.25) is 0 Å². The average Bonchev–Trinajstić information content (AvgIpc) is 3.46. The van der Waals surface area contributed by atoms with Crippen molar-refractivity contribution in [2.24, 2.45) is 0 Å². The number of esters is 3. The van der Waals surface area contributed by atoms with Crippen LogP contribution in [0.5, 0.6) is 0 Å². The third-order valence-corrected chi connectivity index (χ3v) is 15.4. The van der Waals surface area contributed by atoms with Crippen LogP contribution in [-0.4, -0.2) is 37.2 Å². The largest absolute Gasteiger partial charge is 0.462 e. The van der Waals surface area contributed by atoms with Gasteiger partial charge in [0.05, 0.1) is 0 Å². The van der Waals surface area contributed by atoms with Crippen molar-refractivity contribution in [3.05, 3.63) is 72.9 Å². The number of ether oxygens (including phenoxy) is 3. The monoisotopic (exact) mass is 1120 g/mol. The van der Waals surface area contributed by atoms with E-state index in [0.29, 0.717) is 19.3 Å². The van der Waals surface area contributed by atoms with Gasteiger partial charge in [-0.3, -0.25) is 14.4 Å². The van der Waals surface area contributed by atoms with Crippen molar-refractivity contribution in [2.75, 3.05) is 13.2 Å². The molecule has 0 radical (unpaired) electrons. The molecule has 0 saturated heterocycles. The maximum absolute atomic E-state index is 13.0. The van der Waals surface area contributed by atoms with Crippen LogP contribution < -0.4 is 0 Å². The van der Waals surface area contributed by atoms with Gasteiger partial charge in [-0.1, -0.05) is 331 Å². The summed E-state index contributed by atoms with van der Waals surface area (Å²) in [5.74, 6) is -0.928. The van der Waals surface area contributed by atoms with Crippen LogP contribution in [0.3, 0.4) is 0 Å². The van der Waals surface area contributed by atoms with E-state index in [2.05, 4.69) is 93.7 Å². The molecule has 0 aliphatic carbocycles. The van der Waals surface area contributed by atoms with Crippen molar-refractivity contribution in [2.45, 2.75) is 367 Å². The molecule has 6 nitrogen and oxygen atoms in total. The summed E-state index contributed by atoms with van der Waals surface area (Å²) in [6.45, 7) is 6.54. The summed E-state index contributed by atoms with van der Waals surface area (Å²) >= 11 is 0. The zero-order valence-electron chi connectivity index (χ0n) is 53.3. The molecule has 464 valence electrons. The Morgan fingerprint density at radius 2 is 0.500 bits per heavy atom. The Kier molecular flexibility index (Phi) is 65.7. The first-order chi connectivity index (χ1) is 39.5. The van der Waals surface area contributed by atoms with E-state index in [0.717, 1.165) is 77.0 Å². The fourth-order valence-corrected chi connectivity index (χ4v) is 10.2. The highest BCUT2D eigenvalue weighted by molar-refractivity contribution is 5.71. The van der Waals surface area contributed by atoms with Gasteiger partial charge in [-0.25, -0.2) is 0 Å². The molecule has 0 N–H and O–H groups in total. The molecule has 80 heavy (non-hydrogen) atoms. The summed E-state index contributed by atoms with van der Waals surface area (Å²) < 4.78 is 16.9. The minimum atomic E-state index is -0.798. The number of allylic oxidation sites excluding steroid dienone is 12. The highest BCUT2D eigenvalue weighted by Gasteiger charge is 2.19. The molecule has 0 aromatic heterocycles. The predicted octanol–water partition coefficient (Wildman–Crippen LogP) is 24.1. The molecular weight excluding hydrogens is 985 g/mol. The van der Waals surface area contributed by atoms with Gasteiger partial charge in [0.15, 0.2) is 6.10 Å². The van der Waals surface area contributed by atoms with Gasteiger partial charge in [0.1, 0.15) is 13.2 Å². The average molecular weight is 1120 g/mol. The predicted molar refractivity (Wildman–Crippen MR) is 348 cm³/mol. The van der Waals surface area contributed by atoms with E-state index in [-0.39, 0.29) is 37.5 Å². The maximum atomic E-state index is 13.0. The van der Waals surface area contributed by atoms with Gasteiger partial charge in [0.25, 0.3) is 0 Å². The van der Waals surface area contributed by atoms with Crippen molar-refractivity contribution in [3.8, 4) is 0 Å². The van der Waals surface area contributed by atoms with E-state index >= 15 is 0 Å². The van der Waals surface area contributed by atoms with Crippen LogP contribution in [0.25, 0.3) is 0 Å². The molecule has 0 saturated carbocycles. The molecule has 0 heterocycles. The Labute approximate surface area is 497 Å². The molecule has 0 aromatic rings. The van der Waals surface area contributed by atoms with Gasteiger partial charge in [0, 0.05) is 19.3 Å². The van der Waals surface area contributed by atoms with E-state index in [1.165, 1.54) is 238 Å². The standard InChI is InChI=1S/C74H132O6/c1-4-7-10-13-16-19-22-25-28-31-33-35-36-37-38-39-41-43-46-49-52-55-58-61-64-67-73(76)79-70-71(69-78-72(75)66-63-60-57-54-51-48-45-42-30-27-24-21-18-15-12-9-6-3)80-74(77)68-65-62-59-56-53-50-47-44-40-34-32-29-26-23-20-17-14-11-8-5-2/h9,12,18,21,27,30-31,33,45,48,54,57,71H,4-8,10-11,13-17,19-20,22-26,28-29,32,34-44,46-47,49-53,55-56,58-70H2,1-3H3/b12-9-,21-18-,30-27-,33-31-,48-45-,57-54-. The maximum Gasteiger partial charge on any atom is 0.306 e. The lowest BCUT2D eigenvalue weighted by atomic mass is 10.0. The van der Waals surface area contributed by atoms with Crippen molar-refractivity contribution >= 4 is 17.9 Å². The zero-order valence-corrected chi connectivity index (χ0v) is 53.3. The Morgan fingerprint density at radius 1 is 0.263 bits per heavy atom. The third kappa shape index (κ3) is 65.7. The van der Waals surface area contributed by atoms with Crippen molar-refractivity contribution in [3.63, 3.8) is 0 Å². The summed E-state index contributed by atoms with van der Waals surface area (Å²) in [5.41, 5.74) is 0. The van der Waals surface area contributed by atoms with Crippen LogP contribution in [0, 0.1) is 0 Å². The van der Waals surface area contributed by atoms with Crippen LogP contribution in [0.4, 0.5) is 0 Å². The Morgan fingerprint density at radius 3 is 0.825 bits per heavy atom. The number of rotatable bonds is 64. The summed E-state index contributed by atoms with van der Waals surface area (Å²) in [6.07, 6.45) is 89.4. The molecule has 0 rings (SSSR count). The zero-order chi connectivity index (χ0) is 57.8. The van der Waals surface area contributed by atoms with Crippen LogP contribution in [-0.2, 0) is 28.6 Å². The summed E-state index contributed by atoms with van der Waals surface area (Å²) in [7, 11) is 0. The Bertz CT molecular complexity index is 1470. The molecule has 0 aliphatic rings. The normalized spacial score (nSPS) is 12.5. The lowest BCUT2D eigenvalue weighted by molar-refractivity contribution is -0.167. The van der Waals surface area contributed by atoms with Crippen molar-refractivity contribution < 1.29 is 28.6 Å². The van der Waals surface area contributed by atoms with Gasteiger partial charge < -0.3 is 14.2 Å². The van der Waals surface area contributed by atoms with E-state index in [1.54, 1.807) is 0 Å². The Hall–Kier alpha value is -3.15. The highest BCUT2D eigenvalue weighted by atomic mass is 16.6. The molecule has 0 aliphatic heterocycles. The van der Waals surface area contributed by atoms with E-state index in [9.17, 15) is 14.4 Å². The van der Waals surface area contributed by atoms with Crippen LogP contribution in [0.1, 0.15) is 361 Å². The summed E-state index contributed by atoms with van der Waals surface area (Å²) in [6, 6.07) is 0. The fraction of sp³-hybridized carbons (Fsp3) is 0.797. The molecule has 1 atom stereocenters. The molecular formula is C74H132O6. The molecule has 0 spiro atoms. The molecule has 0 fully saturated rings. The third-order valence-electron chi connectivity index (χ3n) is 15.4. The molecule has 1 unspecified atom stereocenters. The van der Waals surface area contributed by atoms with Crippen molar-refractivity contribution in [1.29, 1.82) is 0 Å². The first-order valence-corrected chi connectivity index (χ1v) is 34.9. The number of unbranched alkanes of at least 4 members (excludes halogenated alkanes) is 41. The van der Waals surface area contributed by atoms with E-state index < -0.39 is 6.10 Å². The topological polar surface area (TPSA) is 78.9 Å². The van der Waals surface area contributed by atoms with Gasteiger partial charge in [-0.15, -0.1) is 0 Å². The molecule has 0 aromatic carbocycles. The second kappa shape index (κ2) is 68.3. The number of hydrogen-bond acceptors (Lipinski definition) is 6. The Balaban J connectivity index is 4.35. The minimum Gasteiger partial charge on any atom is -0.462 e. The van der Waals surface area contributed by atoms with Crippen molar-refractivity contribution in [1.82, 2.24) is 0 Å². The minimum absolute atomic E-state index is 0.0894. The lowest BCUT2D eigenvalue weighted by Gasteiger charge is -2.18. The highest BCUT2D eigenvalue weighted by Crippen LogP contribution is 2.18. The molecule has 6 heteroatoms. The molecule has 0 bridgehead atoms.